The summed E-state index contributed by atoms with van der Waals surface area (Å²) in [6.07, 6.45) is 1.38. The molecule has 1 fully saturated rings. The molecule has 0 radical (unpaired) electrons. The van der Waals surface area contributed by atoms with Gasteiger partial charge < -0.3 is 19.5 Å². The lowest BCUT2D eigenvalue weighted by molar-refractivity contribution is 0.0804. The molecule has 8 heteroatoms. The Balaban J connectivity index is 1.62. The van der Waals surface area contributed by atoms with E-state index in [1.807, 2.05) is 13.8 Å². The van der Waals surface area contributed by atoms with E-state index in [0.717, 1.165) is 12.8 Å². The Bertz CT molecular complexity index is 836. The molecular formula is C20H24ClN3O4. The molecule has 1 saturated heterocycles. The number of likely N-dealkylation sites (tertiary alicyclic amines) is 1. The van der Waals surface area contributed by atoms with Gasteiger partial charge in [0.1, 0.15) is 5.76 Å². The van der Waals surface area contributed by atoms with Gasteiger partial charge in [-0.2, -0.15) is 0 Å². The molecule has 0 spiro atoms. The zero-order valence-corrected chi connectivity index (χ0v) is 16.7. The van der Waals surface area contributed by atoms with Crippen molar-refractivity contribution in [1.29, 1.82) is 0 Å². The Morgan fingerprint density at radius 1 is 1.39 bits per heavy atom. The molecule has 1 aliphatic heterocycles. The Kier molecular flexibility index (Phi) is 6.57. The third-order valence-corrected chi connectivity index (χ3v) is 4.83. The summed E-state index contributed by atoms with van der Waals surface area (Å²) < 4.78 is 10.7. The fraction of sp³-hybridized carbons (Fsp3) is 0.450. The molecular weight excluding hydrogens is 382 g/mol. The zero-order valence-electron chi connectivity index (χ0n) is 16.0. The van der Waals surface area contributed by atoms with E-state index in [0.29, 0.717) is 36.2 Å². The summed E-state index contributed by atoms with van der Waals surface area (Å²) in [6.45, 7) is 5.53. The van der Waals surface area contributed by atoms with E-state index in [1.54, 1.807) is 35.2 Å². The molecule has 0 saturated carbocycles. The SMILES string of the molecule is CC(C)COC(=O)N1CCCC(c2cc(C(=O)Nc3ccccc3Cl)no2)C1. The van der Waals surface area contributed by atoms with Gasteiger partial charge in [0.15, 0.2) is 5.69 Å². The number of benzene rings is 1. The number of ether oxygens (including phenoxy) is 1. The number of carbonyl (C=O) groups is 2. The molecule has 3 rings (SSSR count). The van der Waals surface area contributed by atoms with Gasteiger partial charge in [0.25, 0.3) is 5.91 Å². The molecule has 2 amide bonds. The third kappa shape index (κ3) is 5.04. The number of para-hydroxylation sites is 1. The minimum atomic E-state index is -0.396. The molecule has 28 heavy (non-hydrogen) atoms. The number of piperidine rings is 1. The molecule has 1 atom stereocenters. The van der Waals surface area contributed by atoms with Crippen molar-refractivity contribution in [3.63, 3.8) is 0 Å². The highest BCUT2D eigenvalue weighted by Gasteiger charge is 2.29. The first-order chi connectivity index (χ1) is 13.4. The number of amides is 2. The highest BCUT2D eigenvalue weighted by atomic mass is 35.5. The molecule has 2 heterocycles. The highest BCUT2D eigenvalue weighted by molar-refractivity contribution is 6.33. The number of nitrogens with one attached hydrogen (secondary N) is 1. The van der Waals surface area contributed by atoms with E-state index in [4.69, 9.17) is 20.9 Å². The fourth-order valence-electron chi connectivity index (χ4n) is 3.04. The van der Waals surface area contributed by atoms with Gasteiger partial charge in [-0.1, -0.05) is 42.7 Å². The number of hydrogen-bond acceptors (Lipinski definition) is 5. The summed E-state index contributed by atoms with van der Waals surface area (Å²) in [5, 5.41) is 7.05. The summed E-state index contributed by atoms with van der Waals surface area (Å²) in [7, 11) is 0. The predicted molar refractivity (Wildman–Crippen MR) is 106 cm³/mol. The second kappa shape index (κ2) is 9.10. The lowest BCUT2D eigenvalue weighted by Gasteiger charge is -2.30. The average Bonchev–Trinajstić information content (AvgIpc) is 3.18. The van der Waals surface area contributed by atoms with Crippen LogP contribution in [-0.2, 0) is 4.74 Å². The molecule has 150 valence electrons. The van der Waals surface area contributed by atoms with Crippen LogP contribution in [0.5, 0.6) is 0 Å². The average molecular weight is 406 g/mol. The van der Waals surface area contributed by atoms with Crippen molar-refractivity contribution in [2.45, 2.75) is 32.6 Å². The van der Waals surface area contributed by atoms with Crippen molar-refractivity contribution in [3.05, 3.63) is 46.8 Å². The van der Waals surface area contributed by atoms with Gasteiger partial charge in [-0.3, -0.25) is 4.79 Å². The summed E-state index contributed by atoms with van der Waals surface area (Å²) in [6, 6.07) is 8.60. The lowest BCUT2D eigenvalue weighted by atomic mass is 9.95. The van der Waals surface area contributed by atoms with Crippen molar-refractivity contribution in [1.82, 2.24) is 10.1 Å². The second-order valence-electron chi connectivity index (χ2n) is 7.30. The Labute approximate surface area is 169 Å². The van der Waals surface area contributed by atoms with Crippen molar-refractivity contribution >= 4 is 29.3 Å². The van der Waals surface area contributed by atoms with Crippen LogP contribution < -0.4 is 5.32 Å². The standard InChI is InChI=1S/C20H24ClN3O4/c1-13(2)12-27-20(26)24-9-5-6-14(11-24)18-10-17(23-28-18)19(25)22-16-8-4-3-7-15(16)21/h3-4,7-8,10,13-14H,5-6,9,11-12H2,1-2H3,(H,22,25). The number of halogens is 1. The van der Waals surface area contributed by atoms with Crippen LogP contribution in [-0.4, -0.2) is 41.8 Å². The van der Waals surface area contributed by atoms with Crippen LogP contribution in [0.2, 0.25) is 5.02 Å². The van der Waals surface area contributed by atoms with Gasteiger partial charge in [0, 0.05) is 25.1 Å². The van der Waals surface area contributed by atoms with E-state index >= 15 is 0 Å². The van der Waals surface area contributed by atoms with Crippen LogP contribution in [0, 0.1) is 5.92 Å². The van der Waals surface area contributed by atoms with E-state index in [2.05, 4.69) is 10.5 Å². The minimum Gasteiger partial charge on any atom is -0.449 e. The van der Waals surface area contributed by atoms with Gasteiger partial charge in [-0.15, -0.1) is 0 Å². The maximum absolute atomic E-state index is 12.4. The third-order valence-electron chi connectivity index (χ3n) is 4.51. The topological polar surface area (TPSA) is 84.7 Å². The number of hydrogen-bond donors (Lipinski definition) is 1. The molecule has 1 unspecified atom stereocenters. The Morgan fingerprint density at radius 3 is 2.93 bits per heavy atom. The van der Waals surface area contributed by atoms with Gasteiger partial charge in [-0.05, 0) is 30.9 Å². The number of nitrogens with zero attached hydrogens (tertiary/aromatic N) is 2. The quantitative estimate of drug-likeness (QED) is 0.788. The van der Waals surface area contributed by atoms with Crippen LogP contribution >= 0.6 is 11.6 Å². The number of aromatic nitrogens is 1. The summed E-state index contributed by atoms with van der Waals surface area (Å²) in [4.78, 5) is 26.3. The first-order valence-corrected chi connectivity index (χ1v) is 9.76. The summed E-state index contributed by atoms with van der Waals surface area (Å²) in [5.74, 6) is 0.463. The molecule has 0 bridgehead atoms. The van der Waals surface area contributed by atoms with Crippen LogP contribution in [0.15, 0.2) is 34.9 Å². The molecule has 1 aliphatic rings. The van der Waals surface area contributed by atoms with Crippen molar-refractivity contribution in [2.24, 2.45) is 5.92 Å². The second-order valence-corrected chi connectivity index (χ2v) is 7.71. The summed E-state index contributed by atoms with van der Waals surface area (Å²) >= 11 is 6.07. The van der Waals surface area contributed by atoms with Crippen LogP contribution in [0.3, 0.4) is 0 Å². The van der Waals surface area contributed by atoms with E-state index in [-0.39, 0.29) is 23.6 Å². The normalized spacial score (nSPS) is 16.9. The minimum absolute atomic E-state index is 0.0188. The van der Waals surface area contributed by atoms with Gasteiger partial charge in [-0.25, -0.2) is 4.79 Å². The van der Waals surface area contributed by atoms with Gasteiger partial charge in [0.05, 0.1) is 17.3 Å². The Morgan fingerprint density at radius 2 is 2.18 bits per heavy atom. The maximum atomic E-state index is 12.4. The van der Waals surface area contributed by atoms with Crippen LogP contribution in [0.4, 0.5) is 10.5 Å². The molecule has 7 nitrogen and oxygen atoms in total. The first kappa shape index (κ1) is 20.2. The number of carbonyl (C=O) groups excluding carboxylic acids is 2. The van der Waals surface area contributed by atoms with Crippen molar-refractivity contribution in [2.75, 3.05) is 25.0 Å². The van der Waals surface area contributed by atoms with Crippen molar-refractivity contribution in [3.8, 4) is 0 Å². The lowest BCUT2D eigenvalue weighted by Crippen LogP contribution is -2.39. The molecule has 0 aliphatic carbocycles. The molecule has 1 aromatic carbocycles. The van der Waals surface area contributed by atoms with Crippen molar-refractivity contribution < 1.29 is 18.8 Å². The van der Waals surface area contributed by atoms with Gasteiger partial charge in [0.2, 0.25) is 0 Å². The molecule has 1 N–H and O–H groups in total. The number of rotatable bonds is 5. The fourth-order valence-corrected chi connectivity index (χ4v) is 3.23. The highest BCUT2D eigenvalue weighted by Crippen LogP contribution is 2.28. The van der Waals surface area contributed by atoms with Crippen LogP contribution in [0.25, 0.3) is 0 Å². The van der Waals surface area contributed by atoms with Gasteiger partial charge >= 0.3 is 6.09 Å². The predicted octanol–water partition coefficient (Wildman–Crippen LogP) is 4.55. The maximum Gasteiger partial charge on any atom is 0.409 e. The molecule has 2 aromatic rings. The Hall–Kier alpha value is -2.54. The van der Waals surface area contributed by atoms with E-state index in [9.17, 15) is 9.59 Å². The smallest absolute Gasteiger partial charge is 0.409 e. The summed E-state index contributed by atoms with van der Waals surface area (Å²) in [5.41, 5.74) is 0.685. The molecule has 1 aromatic heterocycles. The zero-order chi connectivity index (χ0) is 20.1. The monoisotopic (exact) mass is 405 g/mol. The van der Waals surface area contributed by atoms with Crippen LogP contribution in [0.1, 0.15) is 48.9 Å². The van der Waals surface area contributed by atoms with E-state index < -0.39 is 5.91 Å². The largest absolute Gasteiger partial charge is 0.449 e. The number of anilines is 1. The van der Waals surface area contributed by atoms with E-state index in [1.165, 1.54) is 0 Å². The first-order valence-electron chi connectivity index (χ1n) is 9.38.